The van der Waals surface area contributed by atoms with Gasteiger partial charge in [-0.3, -0.25) is 4.79 Å². The van der Waals surface area contributed by atoms with E-state index in [0.29, 0.717) is 29.0 Å². The summed E-state index contributed by atoms with van der Waals surface area (Å²) in [4.78, 5) is 26.6. The molecule has 6 nitrogen and oxygen atoms in total. The van der Waals surface area contributed by atoms with Gasteiger partial charge in [0, 0.05) is 12.6 Å². The number of rotatable bonds is 5. The van der Waals surface area contributed by atoms with Crippen LogP contribution in [0.25, 0.3) is 10.2 Å². The average molecular weight is 425 g/mol. The third-order valence-electron chi connectivity index (χ3n) is 5.60. The number of carbonyl (C=O) groups excluding carboxylic acids is 1. The molecule has 3 heterocycles. The fourth-order valence-corrected chi connectivity index (χ4v) is 5.21. The highest BCUT2D eigenvalue weighted by atomic mass is 32.1. The van der Waals surface area contributed by atoms with E-state index in [9.17, 15) is 4.79 Å². The van der Waals surface area contributed by atoms with E-state index >= 15 is 0 Å². The number of benzene rings is 1. The second kappa shape index (κ2) is 8.60. The third kappa shape index (κ3) is 3.86. The highest BCUT2D eigenvalue weighted by molar-refractivity contribution is 7.20. The zero-order valence-electron chi connectivity index (χ0n) is 18.0. The molecule has 7 heteroatoms. The molecule has 1 aromatic carbocycles. The Kier molecular flexibility index (Phi) is 5.90. The molecule has 3 aromatic rings. The van der Waals surface area contributed by atoms with Crippen LogP contribution in [0.5, 0.6) is 5.75 Å². The van der Waals surface area contributed by atoms with E-state index in [0.717, 1.165) is 40.4 Å². The Balaban J connectivity index is 1.73. The van der Waals surface area contributed by atoms with E-state index in [1.165, 1.54) is 24.2 Å². The Hall–Kier alpha value is -2.67. The molecule has 1 atom stereocenters. The van der Waals surface area contributed by atoms with Crippen molar-refractivity contribution in [3.05, 3.63) is 40.5 Å². The number of nitrogens with one attached hydrogen (secondary N) is 1. The van der Waals surface area contributed by atoms with Crippen LogP contribution < -0.4 is 15.0 Å². The average Bonchev–Trinajstić information content (AvgIpc) is 3.06. The number of aromatic nitrogens is 2. The second-order valence-corrected chi connectivity index (χ2v) is 8.75. The number of aryl methyl sites for hydroxylation is 2. The molecule has 0 aliphatic carbocycles. The molecular formula is C23H28N4O2S. The first-order valence-electron chi connectivity index (χ1n) is 10.6. The monoisotopic (exact) mass is 424 g/mol. The van der Waals surface area contributed by atoms with Gasteiger partial charge in [0.15, 0.2) is 0 Å². The van der Waals surface area contributed by atoms with Gasteiger partial charge >= 0.3 is 0 Å². The van der Waals surface area contributed by atoms with Crippen molar-refractivity contribution in [2.75, 3.05) is 23.4 Å². The highest BCUT2D eigenvalue weighted by Gasteiger charge is 2.26. The molecule has 2 aromatic heterocycles. The lowest BCUT2D eigenvalue weighted by atomic mass is 10.0. The van der Waals surface area contributed by atoms with Gasteiger partial charge in [-0.1, -0.05) is 12.1 Å². The number of piperidine rings is 1. The smallest absolute Gasteiger partial charge is 0.266 e. The van der Waals surface area contributed by atoms with Gasteiger partial charge in [0.05, 0.1) is 22.6 Å². The summed E-state index contributed by atoms with van der Waals surface area (Å²) in [5.41, 5.74) is 1.61. The Morgan fingerprint density at radius 3 is 2.83 bits per heavy atom. The van der Waals surface area contributed by atoms with Crippen LogP contribution >= 0.6 is 11.3 Å². The molecule has 1 N–H and O–H groups in total. The maximum absolute atomic E-state index is 13.2. The summed E-state index contributed by atoms with van der Waals surface area (Å²) < 4.78 is 5.65. The quantitative estimate of drug-likeness (QED) is 0.599. The number of anilines is 2. The lowest BCUT2D eigenvalue weighted by molar-refractivity contribution is 0.102. The van der Waals surface area contributed by atoms with Gasteiger partial charge in [-0.25, -0.2) is 9.97 Å². The van der Waals surface area contributed by atoms with Crippen LogP contribution in [0.3, 0.4) is 0 Å². The van der Waals surface area contributed by atoms with Crippen molar-refractivity contribution in [2.45, 2.75) is 53.0 Å². The van der Waals surface area contributed by atoms with Gasteiger partial charge in [0.25, 0.3) is 5.91 Å². The number of para-hydroxylation sites is 2. The van der Waals surface area contributed by atoms with Gasteiger partial charge < -0.3 is 15.0 Å². The van der Waals surface area contributed by atoms with Gasteiger partial charge in [-0.15, -0.1) is 11.3 Å². The minimum atomic E-state index is -0.141. The van der Waals surface area contributed by atoms with E-state index in [1.807, 2.05) is 45.0 Å². The van der Waals surface area contributed by atoms with Gasteiger partial charge in [0.2, 0.25) is 0 Å². The number of thiophene rings is 1. The van der Waals surface area contributed by atoms with Crippen LogP contribution in [-0.4, -0.2) is 35.1 Å². The van der Waals surface area contributed by atoms with Crippen LogP contribution in [0, 0.1) is 13.8 Å². The summed E-state index contributed by atoms with van der Waals surface area (Å²) in [6.07, 6.45) is 3.58. The van der Waals surface area contributed by atoms with Crippen molar-refractivity contribution in [3.63, 3.8) is 0 Å². The van der Waals surface area contributed by atoms with E-state index in [1.54, 1.807) is 0 Å². The molecule has 30 heavy (non-hydrogen) atoms. The Labute approximate surface area is 181 Å². The maximum Gasteiger partial charge on any atom is 0.266 e. The van der Waals surface area contributed by atoms with E-state index < -0.39 is 0 Å². The first kappa shape index (κ1) is 20.6. The van der Waals surface area contributed by atoms with Gasteiger partial charge in [0.1, 0.15) is 22.2 Å². The predicted molar refractivity (Wildman–Crippen MR) is 123 cm³/mol. The van der Waals surface area contributed by atoms with Crippen LogP contribution in [-0.2, 0) is 0 Å². The molecule has 0 spiro atoms. The third-order valence-corrected chi connectivity index (χ3v) is 6.78. The van der Waals surface area contributed by atoms with Crippen LogP contribution in [0.15, 0.2) is 24.3 Å². The Morgan fingerprint density at radius 2 is 2.07 bits per heavy atom. The molecule has 1 amide bonds. The summed E-state index contributed by atoms with van der Waals surface area (Å²) in [5, 5.41) is 4.02. The first-order chi connectivity index (χ1) is 14.5. The lowest BCUT2D eigenvalue weighted by Crippen LogP contribution is -2.38. The van der Waals surface area contributed by atoms with Crippen LogP contribution in [0.1, 0.15) is 54.2 Å². The molecule has 158 valence electrons. The van der Waals surface area contributed by atoms with Crippen LogP contribution in [0.2, 0.25) is 0 Å². The lowest BCUT2D eigenvalue weighted by Gasteiger charge is -2.35. The number of amides is 1. The van der Waals surface area contributed by atoms with E-state index in [2.05, 4.69) is 22.1 Å². The summed E-state index contributed by atoms with van der Waals surface area (Å²) in [6.45, 7) is 9.64. The Morgan fingerprint density at radius 1 is 1.27 bits per heavy atom. The SMILES string of the molecule is CCOc1ccccc1NC(=O)c1sc2nc(C)nc(N3CCCC[C@@H]3C)c2c1C. The fraction of sp³-hybridized carbons (Fsp3) is 0.435. The van der Waals surface area contributed by atoms with E-state index in [4.69, 9.17) is 9.72 Å². The minimum absolute atomic E-state index is 0.141. The number of carbonyl (C=O) groups is 1. The summed E-state index contributed by atoms with van der Waals surface area (Å²) in [7, 11) is 0. The fourth-order valence-electron chi connectivity index (χ4n) is 4.09. The summed E-state index contributed by atoms with van der Waals surface area (Å²) >= 11 is 1.43. The molecule has 1 fully saturated rings. The number of ether oxygens (including phenoxy) is 1. The van der Waals surface area contributed by atoms with Crippen molar-refractivity contribution in [1.29, 1.82) is 0 Å². The standard InChI is InChI=1S/C23H28N4O2S/c1-5-29-18-12-7-6-11-17(18)26-22(28)20-15(3)19-21(24-16(4)25-23(19)30-20)27-13-9-8-10-14(27)2/h6-7,11-12,14H,5,8-10,13H2,1-4H3,(H,26,28)/t14-/m0/s1. The molecular weight excluding hydrogens is 396 g/mol. The zero-order chi connectivity index (χ0) is 21.3. The first-order valence-corrected chi connectivity index (χ1v) is 11.4. The molecule has 4 rings (SSSR count). The number of hydrogen-bond donors (Lipinski definition) is 1. The predicted octanol–water partition coefficient (Wildman–Crippen LogP) is 5.34. The van der Waals surface area contributed by atoms with Crippen LogP contribution in [0.4, 0.5) is 11.5 Å². The molecule has 0 unspecified atom stereocenters. The second-order valence-electron chi connectivity index (χ2n) is 7.75. The molecule has 1 aliphatic heterocycles. The zero-order valence-corrected chi connectivity index (χ0v) is 18.8. The maximum atomic E-state index is 13.2. The van der Waals surface area contributed by atoms with E-state index in [-0.39, 0.29) is 5.91 Å². The molecule has 1 saturated heterocycles. The highest BCUT2D eigenvalue weighted by Crippen LogP contribution is 2.38. The summed E-state index contributed by atoms with van der Waals surface area (Å²) in [5.74, 6) is 2.24. The van der Waals surface area contributed by atoms with Crippen molar-refractivity contribution in [3.8, 4) is 5.75 Å². The normalized spacial score (nSPS) is 16.7. The van der Waals surface area contributed by atoms with Crippen molar-refractivity contribution in [1.82, 2.24) is 9.97 Å². The Bertz CT molecular complexity index is 1080. The molecule has 0 saturated carbocycles. The van der Waals surface area contributed by atoms with Gasteiger partial charge in [-0.2, -0.15) is 0 Å². The minimum Gasteiger partial charge on any atom is -0.492 e. The van der Waals surface area contributed by atoms with Crippen molar-refractivity contribution in [2.24, 2.45) is 0 Å². The molecule has 1 aliphatic rings. The van der Waals surface area contributed by atoms with Crippen molar-refractivity contribution < 1.29 is 9.53 Å². The summed E-state index contributed by atoms with van der Waals surface area (Å²) in [6, 6.07) is 7.94. The van der Waals surface area contributed by atoms with Crippen molar-refractivity contribution >= 4 is 39.0 Å². The topological polar surface area (TPSA) is 67.3 Å². The number of hydrogen-bond acceptors (Lipinski definition) is 6. The number of fused-ring (bicyclic) bond motifs is 1. The molecule has 0 radical (unpaired) electrons. The number of nitrogens with zero attached hydrogens (tertiary/aromatic N) is 3. The van der Waals surface area contributed by atoms with Gasteiger partial charge in [-0.05, 0) is 64.7 Å². The largest absolute Gasteiger partial charge is 0.492 e. The molecule has 0 bridgehead atoms.